The molecule has 3 aromatic carbocycles. The minimum absolute atomic E-state index is 0.00919. The molecule has 0 aromatic heterocycles. The molecule has 0 aliphatic heterocycles. The zero-order chi connectivity index (χ0) is 23.9. The van der Waals surface area contributed by atoms with Crippen molar-refractivity contribution in [2.45, 2.75) is 64.2 Å². The Morgan fingerprint density at radius 3 is 1.31 bits per heavy atom. The minimum Gasteiger partial charge on any atom is -0.744 e. The summed E-state index contributed by atoms with van der Waals surface area (Å²) in [5.41, 5.74) is 2.37. The molecule has 0 saturated heterocycles. The Labute approximate surface area is 204 Å². The number of hydrogen-bond donors (Lipinski definition) is 0. The van der Waals surface area contributed by atoms with Gasteiger partial charge in [0.15, 0.2) is 7.14 Å². The molecule has 0 atom stereocenters. The summed E-state index contributed by atoms with van der Waals surface area (Å²) in [6, 6.07) is 25.1. The van der Waals surface area contributed by atoms with Gasteiger partial charge in [0.05, 0.1) is 4.90 Å². The second kappa shape index (κ2) is 12.0. The van der Waals surface area contributed by atoms with Crippen molar-refractivity contribution in [2.24, 2.45) is 0 Å². The third kappa shape index (κ3) is 7.71. The summed E-state index contributed by atoms with van der Waals surface area (Å²) in [7, 11) is -4.45. The summed E-state index contributed by atoms with van der Waals surface area (Å²) < 4.78 is 37.8. The Morgan fingerprint density at radius 1 is 0.656 bits per heavy atom. The molecule has 0 saturated carbocycles. The molecular formula is C27H33IO3S. The molecule has 0 amide bonds. The van der Waals surface area contributed by atoms with E-state index in [1.54, 1.807) is 0 Å². The van der Waals surface area contributed by atoms with Crippen LogP contribution in [0.25, 0.3) is 0 Å². The lowest BCUT2D eigenvalue weighted by molar-refractivity contribution is -0.597. The van der Waals surface area contributed by atoms with E-state index >= 15 is 0 Å². The summed E-state index contributed by atoms with van der Waals surface area (Å²) in [5.74, 6) is 0.322. The van der Waals surface area contributed by atoms with Gasteiger partial charge in [-0.15, -0.1) is 0 Å². The van der Waals surface area contributed by atoms with E-state index in [1.807, 2.05) is 39.8 Å². The predicted molar refractivity (Wildman–Crippen MR) is 127 cm³/mol. The molecular weight excluding hydrogens is 531 g/mol. The van der Waals surface area contributed by atoms with E-state index in [0.717, 1.165) is 5.56 Å². The van der Waals surface area contributed by atoms with Crippen LogP contribution in [0.1, 0.15) is 76.0 Å². The van der Waals surface area contributed by atoms with Gasteiger partial charge in [-0.25, -0.2) is 8.42 Å². The molecule has 0 N–H and O–H groups in total. The number of benzene rings is 3. The van der Waals surface area contributed by atoms with Gasteiger partial charge >= 0.3 is 21.2 Å². The highest BCUT2D eigenvalue weighted by molar-refractivity contribution is 7.85. The molecule has 32 heavy (non-hydrogen) atoms. The van der Waals surface area contributed by atoms with Crippen LogP contribution in [0, 0.1) is 7.14 Å². The first-order valence-corrected chi connectivity index (χ1v) is 14.5. The van der Waals surface area contributed by atoms with Crippen LogP contribution in [0.3, 0.4) is 0 Å². The first kappa shape index (κ1) is 26.6. The van der Waals surface area contributed by atoms with E-state index in [2.05, 4.69) is 74.5 Å². The summed E-state index contributed by atoms with van der Waals surface area (Å²) >= 11 is 0.0287. The second-order valence-electron chi connectivity index (χ2n) is 8.63. The highest BCUT2D eigenvalue weighted by atomic mass is 127. The fourth-order valence-electron chi connectivity index (χ4n) is 3.26. The molecule has 0 spiro atoms. The normalized spacial score (nSPS) is 11.6. The van der Waals surface area contributed by atoms with Gasteiger partial charge in [-0.2, -0.15) is 0 Å². The van der Waals surface area contributed by atoms with Gasteiger partial charge in [0.1, 0.15) is 10.1 Å². The first-order chi connectivity index (χ1) is 15.0. The fourth-order valence-corrected chi connectivity index (χ4v) is 6.69. The van der Waals surface area contributed by atoms with Crippen LogP contribution in [0.4, 0.5) is 0 Å². The molecule has 0 unspecified atom stereocenters. The van der Waals surface area contributed by atoms with Crippen molar-refractivity contribution in [3.8, 4) is 0 Å². The average molecular weight is 565 g/mol. The van der Waals surface area contributed by atoms with Gasteiger partial charge in [0.25, 0.3) is 0 Å². The van der Waals surface area contributed by atoms with Gasteiger partial charge in [-0.05, 0) is 58.7 Å². The molecule has 0 aliphatic rings. The van der Waals surface area contributed by atoms with Crippen molar-refractivity contribution in [1.82, 2.24) is 0 Å². The Balaban J connectivity index is 0.000000242. The Bertz CT molecular complexity index is 1020. The quantitative estimate of drug-likeness (QED) is 0.339. The highest BCUT2D eigenvalue weighted by Crippen LogP contribution is 2.34. The van der Waals surface area contributed by atoms with E-state index in [0.29, 0.717) is 17.0 Å². The van der Waals surface area contributed by atoms with Crippen LogP contribution < -0.4 is 21.2 Å². The summed E-state index contributed by atoms with van der Waals surface area (Å²) in [5, 5.41) is 0. The van der Waals surface area contributed by atoms with E-state index in [-0.39, 0.29) is 37.9 Å². The molecule has 0 heterocycles. The van der Waals surface area contributed by atoms with Crippen LogP contribution in [-0.4, -0.2) is 13.0 Å². The smallest absolute Gasteiger partial charge is 0.357 e. The monoisotopic (exact) mass is 564 g/mol. The van der Waals surface area contributed by atoms with E-state index in [1.165, 1.54) is 7.14 Å². The second-order valence-corrected chi connectivity index (χ2v) is 13.0. The van der Waals surface area contributed by atoms with Gasteiger partial charge in [0.2, 0.25) is 0 Å². The topological polar surface area (TPSA) is 57.2 Å². The highest BCUT2D eigenvalue weighted by Gasteiger charge is 2.21. The van der Waals surface area contributed by atoms with Crippen LogP contribution >= 0.6 is 0 Å². The van der Waals surface area contributed by atoms with Crippen LogP contribution in [0.2, 0.25) is 0 Å². The molecule has 0 aliphatic carbocycles. The SMILES string of the molecule is CC(C)c1cc(C(C)C)c(S(=O)(=O)[O-])c(C(C)C)c1.c1ccc([I+]c2ccccc2)cc1. The third-order valence-electron chi connectivity index (χ3n) is 5.01. The molecule has 172 valence electrons. The Hall–Kier alpha value is -1.70. The minimum atomic E-state index is -4.45. The van der Waals surface area contributed by atoms with Gasteiger partial charge in [0, 0.05) is 0 Å². The number of rotatable bonds is 6. The lowest BCUT2D eigenvalue weighted by Crippen LogP contribution is -3.61. The van der Waals surface area contributed by atoms with Gasteiger partial charge in [-0.3, -0.25) is 0 Å². The maximum absolute atomic E-state index is 11.6. The Kier molecular flexibility index (Phi) is 9.92. The van der Waals surface area contributed by atoms with E-state index in [9.17, 15) is 13.0 Å². The third-order valence-corrected chi connectivity index (χ3v) is 8.67. The molecule has 3 nitrogen and oxygen atoms in total. The van der Waals surface area contributed by atoms with Crippen LogP contribution in [-0.2, 0) is 10.1 Å². The summed E-state index contributed by atoms with van der Waals surface area (Å²) in [4.78, 5) is -0.0121. The first-order valence-electron chi connectivity index (χ1n) is 10.9. The van der Waals surface area contributed by atoms with Gasteiger partial charge in [-0.1, -0.05) is 90.1 Å². The number of hydrogen-bond acceptors (Lipinski definition) is 3. The lowest BCUT2D eigenvalue weighted by Gasteiger charge is -2.24. The van der Waals surface area contributed by atoms with Crippen molar-refractivity contribution >= 4 is 10.1 Å². The zero-order valence-electron chi connectivity index (χ0n) is 19.7. The van der Waals surface area contributed by atoms with E-state index in [4.69, 9.17) is 0 Å². The average Bonchev–Trinajstić information content (AvgIpc) is 2.74. The molecule has 0 bridgehead atoms. The summed E-state index contributed by atoms with van der Waals surface area (Å²) in [6.07, 6.45) is 0. The van der Waals surface area contributed by atoms with E-state index < -0.39 is 10.1 Å². The fraction of sp³-hybridized carbons (Fsp3) is 0.333. The van der Waals surface area contributed by atoms with Crippen molar-refractivity contribution in [2.75, 3.05) is 0 Å². The van der Waals surface area contributed by atoms with Gasteiger partial charge < -0.3 is 4.55 Å². The molecule has 5 heteroatoms. The maximum Gasteiger partial charge on any atom is 0.357 e. The van der Waals surface area contributed by atoms with Crippen molar-refractivity contribution < 1.29 is 34.2 Å². The Morgan fingerprint density at radius 2 is 1.03 bits per heavy atom. The predicted octanol–water partition coefficient (Wildman–Crippen LogP) is 3.78. The van der Waals surface area contributed by atoms with Crippen molar-refractivity contribution in [3.05, 3.63) is 96.6 Å². The summed E-state index contributed by atoms with van der Waals surface area (Å²) in [6.45, 7) is 11.8. The molecule has 0 fully saturated rings. The van der Waals surface area contributed by atoms with Crippen molar-refractivity contribution in [1.29, 1.82) is 0 Å². The standard InChI is InChI=1S/C15H24O3S.C12H10I/c1-9(2)12-7-13(10(3)4)15(19(16,17)18)14(8-12)11(5)6;1-3-7-11(8-4-1)13-12-9-5-2-6-10-12/h7-11H,1-6H3,(H,16,17,18);1-10H/q;+1/p-1. The molecule has 3 aromatic rings. The largest absolute Gasteiger partial charge is 0.744 e. The van der Waals surface area contributed by atoms with Crippen LogP contribution in [0.5, 0.6) is 0 Å². The molecule has 3 rings (SSSR count). The van der Waals surface area contributed by atoms with Crippen molar-refractivity contribution in [3.63, 3.8) is 0 Å². The lowest BCUT2D eigenvalue weighted by atomic mass is 9.89. The molecule has 0 radical (unpaired) electrons. The zero-order valence-corrected chi connectivity index (χ0v) is 22.6. The van der Waals surface area contributed by atoms with Crippen LogP contribution in [0.15, 0.2) is 77.7 Å². The maximum atomic E-state index is 11.6. The number of halogens is 1.